The first-order valence-corrected chi connectivity index (χ1v) is 3.20. The first-order valence-electron chi connectivity index (χ1n) is 3.20. The molecule has 0 saturated heterocycles. The molecule has 52 valence electrons. The van der Waals surface area contributed by atoms with E-state index in [2.05, 4.69) is 24.3 Å². The average Bonchev–Trinajstić information content (AvgIpc) is 2.14. The Labute approximate surface area is 55.1 Å². The van der Waals surface area contributed by atoms with Gasteiger partial charge in [0.05, 0.1) is 0 Å². The fourth-order valence-electron chi connectivity index (χ4n) is 0.656. The number of nitrogens with zero attached hydrogens (tertiary/aromatic N) is 1. The molecule has 0 radical (unpaired) electrons. The first kappa shape index (κ1) is 6.55. The van der Waals surface area contributed by atoms with Crippen LogP contribution in [0, 0.1) is 5.92 Å². The zero-order valence-electron chi connectivity index (χ0n) is 6.01. The van der Waals surface area contributed by atoms with E-state index in [4.69, 9.17) is 4.84 Å². The largest absolute Gasteiger partial charge is 0.391 e. The monoisotopic (exact) mass is 128 g/mol. The molecule has 0 aromatic heterocycles. The Morgan fingerprint density at radius 1 is 1.67 bits per heavy atom. The van der Waals surface area contributed by atoms with E-state index in [1.807, 2.05) is 6.92 Å². The van der Waals surface area contributed by atoms with Gasteiger partial charge in [0, 0.05) is 5.92 Å². The molecular formula is C6H12N2O. The zero-order chi connectivity index (χ0) is 6.85. The third kappa shape index (κ3) is 1.42. The van der Waals surface area contributed by atoms with Crippen LogP contribution in [0.25, 0.3) is 0 Å². The summed E-state index contributed by atoms with van der Waals surface area (Å²) in [6, 6.07) is 0. The molecule has 0 fully saturated rings. The Balaban J connectivity index is 2.52. The molecule has 0 bridgehead atoms. The molecule has 1 aliphatic heterocycles. The maximum atomic E-state index is 5.03. The minimum absolute atomic E-state index is 0.127. The van der Waals surface area contributed by atoms with Gasteiger partial charge in [-0.3, -0.25) is 0 Å². The van der Waals surface area contributed by atoms with E-state index in [-0.39, 0.29) is 6.17 Å². The molecular weight excluding hydrogens is 116 g/mol. The summed E-state index contributed by atoms with van der Waals surface area (Å²) in [5, 5.41) is 0. The van der Waals surface area contributed by atoms with Gasteiger partial charge in [-0.15, -0.1) is 5.48 Å². The van der Waals surface area contributed by atoms with Gasteiger partial charge in [0.2, 0.25) is 5.90 Å². The molecule has 1 atom stereocenters. The summed E-state index contributed by atoms with van der Waals surface area (Å²) in [6.07, 6.45) is 0.127. The van der Waals surface area contributed by atoms with E-state index in [1.54, 1.807) is 0 Å². The Morgan fingerprint density at radius 3 is 2.56 bits per heavy atom. The SMILES string of the molecule is CC1N=C(C(C)C)ON1. The van der Waals surface area contributed by atoms with Gasteiger partial charge in [0.1, 0.15) is 6.17 Å². The van der Waals surface area contributed by atoms with Gasteiger partial charge >= 0.3 is 0 Å². The van der Waals surface area contributed by atoms with E-state index < -0.39 is 0 Å². The molecule has 0 aliphatic carbocycles. The van der Waals surface area contributed by atoms with Crippen molar-refractivity contribution >= 4 is 5.90 Å². The van der Waals surface area contributed by atoms with Crippen LogP contribution in [0.1, 0.15) is 20.8 Å². The standard InChI is InChI=1S/C6H12N2O/c1-4(2)6-7-5(3)8-9-6/h4-5,8H,1-3H3. The van der Waals surface area contributed by atoms with Crippen LogP contribution in [0.15, 0.2) is 4.99 Å². The number of aliphatic imine (C=N–C) groups is 1. The van der Waals surface area contributed by atoms with E-state index in [0.717, 1.165) is 5.90 Å². The smallest absolute Gasteiger partial charge is 0.213 e. The van der Waals surface area contributed by atoms with Gasteiger partial charge in [0.15, 0.2) is 0 Å². The molecule has 9 heavy (non-hydrogen) atoms. The Kier molecular flexibility index (Phi) is 1.71. The quantitative estimate of drug-likeness (QED) is 0.569. The van der Waals surface area contributed by atoms with Crippen LogP contribution >= 0.6 is 0 Å². The summed E-state index contributed by atoms with van der Waals surface area (Å²) in [6.45, 7) is 6.06. The summed E-state index contributed by atoms with van der Waals surface area (Å²) >= 11 is 0. The molecule has 1 heterocycles. The lowest BCUT2D eigenvalue weighted by Gasteiger charge is -2.01. The van der Waals surface area contributed by atoms with Crippen LogP contribution < -0.4 is 5.48 Å². The van der Waals surface area contributed by atoms with E-state index >= 15 is 0 Å². The van der Waals surface area contributed by atoms with E-state index in [0.29, 0.717) is 5.92 Å². The van der Waals surface area contributed by atoms with Crippen molar-refractivity contribution in [3.8, 4) is 0 Å². The lowest BCUT2D eigenvalue weighted by molar-refractivity contribution is 0.176. The molecule has 1 rings (SSSR count). The van der Waals surface area contributed by atoms with Crippen LogP contribution in [-0.4, -0.2) is 12.1 Å². The predicted octanol–water partition coefficient (Wildman–Crippen LogP) is 0.922. The molecule has 0 spiro atoms. The lowest BCUT2D eigenvalue weighted by atomic mass is 10.2. The highest BCUT2D eigenvalue weighted by molar-refractivity contribution is 5.78. The molecule has 3 heteroatoms. The summed E-state index contributed by atoms with van der Waals surface area (Å²) in [5.74, 6) is 1.20. The number of hydrogen-bond donors (Lipinski definition) is 1. The van der Waals surface area contributed by atoms with Gasteiger partial charge in [-0.05, 0) is 6.92 Å². The molecule has 0 amide bonds. The van der Waals surface area contributed by atoms with Crippen molar-refractivity contribution in [3.05, 3.63) is 0 Å². The van der Waals surface area contributed by atoms with Crippen molar-refractivity contribution in [1.29, 1.82) is 0 Å². The third-order valence-electron chi connectivity index (χ3n) is 1.15. The van der Waals surface area contributed by atoms with Gasteiger partial charge < -0.3 is 4.84 Å². The molecule has 0 aromatic carbocycles. The minimum atomic E-state index is 0.127. The van der Waals surface area contributed by atoms with Crippen molar-refractivity contribution in [3.63, 3.8) is 0 Å². The van der Waals surface area contributed by atoms with Crippen molar-refractivity contribution in [2.75, 3.05) is 0 Å². The summed E-state index contributed by atoms with van der Waals surface area (Å²) in [4.78, 5) is 9.20. The highest BCUT2D eigenvalue weighted by Gasteiger charge is 2.15. The molecule has 0 saturated carbocycles. The summed E-state index contributed by atoms with van der Waals surface area (Å²) in [5.41, 5.74) is 2.75. The Hall–Kier alpha value is -0.570. The summed E-state index contributed by atoms with van der Waals surface area (Å²) in [7, 11) is 0. The second-order valence-electron chi connectivity index (χ2n) is 2.52. The predicted molar refractivity (Wildman–Crippen MR) is 36.0 cm³/mol. The number of nitrogens with one attached hydrogen (secondary N) is 1. The maximum absolute atomic E-state index is 5.03. The topological polar surface area (TPSA) is 33.6 Å². The number of hydroxylamine groups is 1. The minimum Gasteiger partial charge on any atom is -0.391 e. The zero-order valence-corrected chi connectivity index (χ0v) is 6.01. The van der Waals surface area contributed by atoms with Crippen LogP contribution in [0.4, 0.5) is 0 Å². The normalized spacial score (nSPS) is 26.2. The molecule has 0 aromatic rings. The lowest BCUT2D eigenvalue weighted by Crippen LogP contribution is -2.18. The fraction of sp³-hybridized carbons (Fsp3) is 0.833. The Bertz CT molecular complexity index is 131. The molecule has 3 nitrogen and oxygen atoms in total. The molecule has 1 aliphatic rings. The summed E-state index contributed by atoms with van der Waals surface area (Å²) < 4.78 is 0. The second kappa shape index (κ2) is 2.35. The second-order valence-corrected chi connectivity index (χ2v) is 2.52. The van der Waals surface area contributed by atoms with Gasteiger partial charge in [0.25, 0.3) is 0 Å². The van der Waals surface area contributed by atoms with Crippen molar-refractivity contribution in [2.45, 2.75) is 26.9 Å². The molecule has 1 N–H and O–H groups in total. The highest BCUT2D eigenvalue weighted by atomic mass is 16.7. The van der Waals surface area contributed by atoms with E-state index in [1.165, 1.54) is 0 Å². The molecule has 1 unspecified atom stereocenters. The first-order chi connectivity index (χ1) is 4.20. The van der Waals surface area contributed by atoms with Crippen LogP contribution in [-0.2, 0) is 4.84 Å². The maximum Gasteiger partial charge on any atom is 0.213 e. The van der Waals surface area contributed by atoms with Gasteiger partial charge in [-0.25, -0.2) is 4.99 Å². The number of hydrogen-bond acceptors (Lipinski definition) is 3. The van der Waals surface area contributed by atoms with Gasteiger partial charge in [-0.2, -0.15) is 0 Å². The van der Waals surface area contributed by atoms with Crippen molar-refractivity contribution in [2.24, 2.45) is 10.9 Å². The Morgan fingerprint density at radius 2 is 2.33 bits per heavy atom. The number of rotatable bonds is 1. The van der Waals surface area contributed by atoms with E-state index in [9.17, 15) is 0 Å². The fourth-order valence-corrected chi connectivity index (χ4v) is 0.656. The average molecular weight is 128 g/mol. The van der Waals surface area contributed by atoms with Crippen molar-refractivity contribution in [1.82, 2.24) is 5.48 Å². The van der Waals surface area contributed by atoms with Crippen LogP contribution in [0.2, 0.25) is 0 Å². The van der Waals surface area contributed by atoms with Gasteiger partial charge in [-0.1, -0.05) is 13.8 Å². The van der Waals surface area contributed by atoms with Crippen molar-refractivity contribution < 1.29 is 4.84 Å². The van der Waals surface area contributed by atoms with Crippen LogP contribution in [0.5, 0.6) is 0 Å². The highest BCUT2D eigenvalue weighted by Crippen LogP contribution is 2.05. The van der Waals surface area contributed by atoms with Crippen LogP contribution in [0.3, 0.4) is 0 Å². The third-order valence-corrected chi connectivity index (χ3v) is 1.15.